The number of benzene rings is 1. The summed E-state index contributed by atoms with van der Waals surface area (Å²) in [4.78, 5) is 28.6. The first-order valence-corrected chi connectivity index (χ1v) is 10.2. The normalized spacial score (nSPS) is 10.6. The Bertz CT molecular complexity index is 1070. The summed E-state index contributed by atoms with van der Waals surface area (Å²) in [7, 11) is 0. The molecule has 2 N–H and O–H groups in total. The van der Waals surface area contributed by atoms with Crippen LogP contribution in [0.5, 0.6) is 0 Å². The highest BCUT2D eigenvalue weighted by Crippen LogP contribution is 2.18. The fourth-order valence-electron chi connectivity index (χ4n) is 2.50. The van der Waals surface area contributed by atoms with Crippen LogP contribution in [0.4, 0.5) is 10.8 Å². The van der Waals surface area contributed by atoms with Crippen LogP contribution in [0.15, 0.2) is 64.9 Å². The molecule has 0 aliphatic carbocycles. The second-order valence-corrected chi connectivity index (χ2v) is 7.47. The van der Waals surface area contributed by atoms with Crippen molar-refractivity contribution < 1.29 is 9.59 Å². The van der Waals surface area contributed by atoms with Gasteiger partial charge in [0.1, 0.15) is 0 Å². The highest BCUT2D eigenvalue weighted by Gasteiger charge is 2.12. The molecule has 0 aliphatic rings. The summed E-state index contributed by atoms with van der Waals surface area (Å²) in [6.45, 7) is 0. The van der Waals surface area contributed by atoms with E-state index in [4.69, 9.17) is 0 Å². The summed E-state index contributed by atoms with van der Waals surface area (Å²) >= 11 is 2.75. The lowest BCUT2D eigenvalue weighted by Crippen LogP contribution is -2.15. The number of rotatable bonds is 6. The number of carbonyl (C=O) groups excluding carboxylic acids is 2. The van der Waals surface area contributed by atoms with E-state index in [9.17, 15) is 9.59 Å². The minimum absolute atomic E-state index is 0.131. The Morgan fingerprint density at radius 1 is 1.07 bits per heavy atom. The highest BCUT2D eigenvalue weighted by molar-refractivity contribution is 7.14. The molecule has 0 saturated heterocycles. The molecule has 0 saturated carbocycles. The van der Waals surface area contributed by atoms with Gasteiger partial charge in [0.15, 0.2) is 5.13 Å². The Kier molecular flexibility index (Phi) is 5.27. The third-order valence-corrected chi connectivity index (χ3v) is 5.31. The summed E-state index contributed by atoms with van der Waals surface area (Å²) in [6.07, 6.45) is 3.69. The fraction of sp³-hybridized carbons (Fsp3) is 0.0526. The molecule has 0 bridgehead atoms. The van der Waals surface area contributed by atoms with Crippen molar-refractivity contribution in [3.05, 3.63) is 76.2 Å². The van der Waals surface area contributed by atoms with Crippen molar-refractivity contribution in [3.63, 3.8) is 0 Å². The molecule has 0 radical (unpaired) electrons. The van der Waals surface area contributed by atoms with Crippen molar-refractivity contribution in [2.75, 3.05) is 10.6 Å². The molecule has 28 heavy (non-hydrogen) atoms. The SMILES string of the molecule is O=C(Cc1csc(NC(=O)c2ccsc2)n1)Nc1ccc(-n2cccn2)cc1. The van der Waals surface area contributed by atoms with Gasteiger partial charge in [-0.25, -0.2) is 9.67 Å². The zero-order valence-corrected chi connectivity index (χ0v) is 16.2. The van der Waals surface area contributed by atoms with Crippen LogP contribution in [0.25, 0.3) is 5.69 Å². The first kappa shape index (κ1) is 18.1. The molecule has 140 valence electrons. The molecule has 0 aliphatic heterocycles. The van der Waals surface area contributed by atoms with Crippen molar-refractivity contribution in [3.8, 4) is 5.69 Å². The Labute approximate surface area is 168 Å². The van der Waals surface area contributed by atoms with Crippen molar-refractivity contribution in [1.29, 1.82) is 0 Å². The maximum absolute atomic E-state index is 12.3. The summed E-state index contributed by atoms with van der Waals surface area (Å²) in [5, 5.41) is 15.6. The van der Waals surface area contributed by atoms with E-state index >= 15 is 0 Å². The maximum atomic E-state index is 12.3. The number of nitrogens with zero attached hydrogens (tertiary/aromatic N) is 3. The van der Waals surface area contributed by atoms with Gasteiger partial charge >= 0.3 is 0 Å². The number of thiophene rings is 1. The van der Waals surface area contributed by atoms with E-state index in [2.05, 4.69) is 20.7 Å². The molecular weight excluding hydrogens is 394 g/mol. The number of nitrogens with one attached hydrogen (secondary N) is 2. The number of hydrogen-bond acceptors (Lipinski definition) is 6. The molecule has 4 rings (SSSR count). The van der Waals surface area contributed by atoms with Gasteiger partial charge in [-0.05, 0) is 41.8 Å². The number of aromatic nitrogens is 3. The fourth-order valence-corrected chi connectivity index (χ4v) is 3.84. The van der Waals surface area contributed by atoms with E-state index in [0.29, 0.717) is 22.1 Å². The molecule has 0 spiro atoms. The molecular formula is C19H15N5O2S2. The number of carbonyl (C=O) groups is 2. The zero-order chi connectivity index (χ0) is 19.3. The van der Waals surface area contributed by atoms with Crippen molar-refractivity contribution >= 4 is 45.3 Å². The van der Waals surface area contributed by atoms with E-state index in [-0.39, 0.29) is 18.2 Å². The van der Waals surface area contributed by atoms with Gasteiger partial charge in [-0.15, -0.1) is 11.3 Å². The molecule has 0 fully saturated rings. The van der Waals surface area contributed by atoms with E-state index in [0.717, 1.165) is 5.69 Å². The molecule has 2 amide bonds. The van der Waals surface area contributed by atoms with E-state index in [1.807, 2.05) is 41.9 Å². The van der Waals surface area contributed by atoms with Crippen molar-refractivity contribution in [1.82, 2.24) is 14.8 Å². The topological polar surface area (TPSA) is 88.9 Å². The van der Waals surface area contributed by atoms with Gasteiger partial charge in [-0.2, -0.15) is 16.4 Å². The van der Waals surface area contributed by atoms with Gasteiger partial charge in [0, 0.05) is 28.8 Å². The monoisotopic (exact) mass is 409 g/mol. The lowest BCUT2D eigenvalue weighted by atomic mass is 10.2. The Morgan fingerprint density at radius 2 is 1.93 bits per heavy atom. The molecule has 9 heteroatoms. The summed E-state index contributed by atoms with van der Waals surface area (Å²) in [5.41, 5.74) is 2.81. The Hall–Kier alpha value is -3.30. The summed E-state index contributed by atoms with van der Waals surface area (Å²) in [6, 6.07) is 11.0. The molecule has 3 heterocycles. The summed E-state index contributed by atoms with van der Waals surface area (Å²) in [5.74, 6) is -0.378. The van der Waals surface area contributed by atoms with Gasteiger partial charge in [0.2, 0.25) is 5.91 Å². The summed E-state index contributed by atoms with van der Waals surface area (Å²) < 4.78 is 1.74. The number of anilines is 2. The van der Waals surface area contributed by atoms with Gasteiger partial charge in [0.25, 0.3) is 5.91 Å². The van der Waals surface area contributed by atoms with Crippen LogP contribution < -0.4 is 10.6 Å². The minimum atomic E-state index is -0.205. The highest BCUT2D eigenvalue weighted by atomic mass is 32.1. The molecule has 1 aromatic carbocycles. The Balaban J connectivity index is 1.33. The van der Waals surface area contributed by atoms with Crippen LogP contribution in [0.1, 0.15) is 16.1 Å². The number of thiazole rings is 1. The van der Waals surface area contributed by atoms with Crippen LogP contribution in [0.3, 0.4) is 0 Å². The van der Waals surface area contributed by atoms with Crippen LogP contribution in [-0.2, 0) is 11.2 Å². The van der Waals surface area contributed by atoms with Gasteiger partial charge < -0.3 is 5.32 Å². The molecule has 3 aromatic heterocycles. The molecule has 0 unspecified atom stereocenters. The van der Waals surface area contributed by atoms with E-state index < -0.39 is 0 Å². The van der Waals surface area contributed by atoms with Crippen molar-refractivity contribution in [2.24, 2.45) is 0 Å². The predicted octanol–water partition coefficient (Wildman–Crippen LogP) is 3.82. The van der Waals surface area contributed by atoms with Crippen LogP contribution in [0.2, 0.25) is 0 Å². The maximum Gasteiger partial charge on any atom is 0.258 e. The third-order valence-electron chi connectivity index (χ3n) is 3.82. The van der Waals surface area contributed by atoms with Gasteiger partial charge in [-0.3, -0.25) is 14.9 Å². The second-order valence-electron chi connectivity index (χ2n) is 5.83. The smallest absolute Gasteiger partial charge is 0.258 e. The molecule has 7 nitrogen and oxygen atoms in total. The first-order chi connectivity index (χ1) is 13.7. The molecule has 4 aromatic rings. The predicted molar refractivity (Wildman–Crippen MR) is 110 cm³/mol. The number of amides is 2. The second kappa shape index (κ2) is 8.15. The lowest BCUT2D eigenvalue weighted by molar-refractivity contribution is -0.115. The average Bonchev–Trinajstić information content (AvgIpc) is 3.45. The van der Waals surface area contributed by atoms with Crippen LogP contribution in [-0.4, -0.2) is 26.6 Å². The van der Waals surface area contributed by atoms with Crippen molar-refractivity contribution in [2.45, 2.75) is 6.42 Å². The first-order valence-electron chi connectivity index (χ1n) is 8.35. The van der Waals surface area contributed by atoms with Crippen LogP contribution in [0, 0.1) is 0 Å². The quantitative estimate of drug-likeness (QED) is 0.507. The van der Waals surface area contributed by atoms with Gasteiger partial charge in [-0.1, -0.05) is 0 Å². The number of hydrogen-bond donors (Lipinski definition) is 2. The molecule has 0 atom stereocenters. The van der Waals surface area contributed by atoms with E-state index in [1.54, 1.807) is 27.7 Å². The minimum Gasteiger partial charge on any atom is -0.326 e. The zero-order valence-electron chi connectivity index (χ0n) is 14.5. The standard InChI is InChI=1S/C19H15N5O2S2/c25-17(21-14-2-4-16(5-3-14)24-8-1-7-20-24)10-15-12-28-19(22-15)23-18(26)13-6-9-27-11-13/h1-9,11-12H,10H2,(H,21,25)(H,22,23,26). The third kappa shape index (κ3) is 4.33. The largest absolute Gasteiger partial charge is 0.326 e. The lowest BCUT2D eigenvalue weighted by Gasteiger charge is -2.06. The average molecular weight is 409 g/mol. The van der Waals surface area contributed by atoms with Crippen LogP contribution >= 0.6 is 22.7 Å². The van der Waals surface area contributed by atoms with Gasteiger partial charge in [0.05, 0.1) is 23.4 Å². The van der Waals surface area contributed by atoms with E-state index in [1.165, 1.54) is 22.7 Å². The Morgan fingerprint density at radius 3 is 2.64 bits per heavy atom.